The first-order valence-electron chi connectivity index (χ1n) is 7.35. The molecule has 1 aromatic carbocycles. The van der Waals surface area contributed by atoms with Crippen molar-refractivity contribution in [1.82, 2.24) is 10.6 Å². The standard InChI is InChI=1S/C15H22N6O2S2.Cu/c1-9(18-20-14(24)16-3)10(2)19-21-15(25)17-7-6-11-4-5-12(22)13(23)8-11;/h4-5,8,22-23H,6-7H2,1-3H3,(H2,16,20,24)(H2,17,21,25);/q;+2/p-2/b18-9+,19-10+;. The zero-order valence-electron chi connectivity index (χ0n) is 14.4. The van der Waals surface area contributed by atoms with Crippen LogP contribution in [0.4, 0.5) is 0 Å². The average molecular weight is 444 g/mol. The van der Waals surface area contributed by atoms with Gasteiger partial charge in [-0.25, -0.2) is 0 Å². The van der Waals surface area contributed by atoms with E-state index in [1.807, 2.05) is 0 Å². The molecule has 0 aliphatic heterocycles. The second-order valence-electron chi connectivity index (χ2n) is 4.93. The summed E-state index contributed by atoms with van der Waals surface area (Å²) >= 11 is 9.94. The maximum Gasteiger partial charge on any atom is 2.00 e. The third-order valence-corrected chi connectivity index (χ3v) is 3.56. The Morgan fingerprint density at radius 2 is 1.54 bits per heavy atom. The average Bonchev–Trinajstić information content (AvgIpc) is 2.60. The Labute approximate surface area is 174 Å². The molecule has 0 spiro atoms. The molecule has 0 amide bonds. The molecule has 0 unspecified atom stereocenters. The molecule has 1 aromatic rings. The van der Waals surface area contributed by atoms with Gasteiger partial charge in [0.1, 0.15) is 0 Å². The number of hydrogen-bond donors (Lipinski definition) is 4. The molecule has 0 saturated heterocycles. The maximum atomic E-state index is 9.44. The van der Waals surface area contributed by atoms with E-state index >= 15 is 0 Å². The van der Waals surface area contributed by atoms with Crippen LogP contribution in [0.25, 0.3) is 0 Å². The minimum atomic E-state index is -0.150. The van der Waals surface area contributed by atoms with Gasteiger partial charge in [-0.05, 0) is 48.3 Å². The number of nitrogens with one attached hydrogen (secondary N) is 2. The van der Waals surface area contributed by atoms with Gasteiger partial charge < -0.3 is 46.1 Å². The van der Waals surface area contributed by atoms with Gasteiger partial charge in [0.05, 0.1) is 11.4 Å². The van der Waals surface area contributed by atoms with Crippen LogP contribution in [0.1, 0.15) is 19.4 Å². The molecular weight excluding hydrogens is 424 g/mol. The Morgan fingerprint density at radius 3 is 2.08 bits per heavy atom. The number of aromatic hydroxyl groups is 2. The zero-order valence-corrected chi connectivity index (χ0v) is 17.0. The van der Waals surface area contributed by atoms with E-state index in [9.17, 15) is 10.2 Å². The summed E-state index contributed by atoms with van der Waals surface area (Å²) in [5, 5.41) is 40.4. The second-order valence-corrected chi connectivity index (χ2v) is 5.70. The molecule has 26 heavy (non-hydrogen) atoms. The van der Waals surface area contributed by atoms with Crippen molar-refractivity contribution >= 4 is 47.0 Å². The molecule has 8 nitrogen and oxygen atoms in total. The number of phenolic OH excluding ortho intramolecular Hbond substituents is 2. The van der Waals surface area contributed by atoms with Crippen molar-refractivity contribution in [2.24, 2.45) is 20.4 Å². The van der Waals surface area contributed by atoms with Crippen LogP contribution in [0.3, 0.4) is 0 Å². The maximum absolute atomic E-state index is 9.44. The van der Waals surface area contributed by atoms with Crippen molar-refractivity contribution in [3.05, 3.63) is 23.8 Å². The van der Waals surface area contributed by atoms with Crippen molar-refractivity contribution < 1.29 is 27.3 Å². The summed E-state index contributed by atoms with van der Waals surface area (Å²) in [6.07, 6.45) is 0.604. The first-order valence-corrected chi connectivity index (χ1v) is 8.16. The third-order valence-electron chi connectivity index (χ3n) is 3.05. The quantitative estimate of drug-likeness (QED) is 0.130. The van der Waals surface area contributed by atoms with E-state index in [-0.39, 0.29) is 38.9 Å². The summed E-state index contributed by atoms with van der Waals surface area (Å²) in [6.45, 7) is 3.99. The first-order chi connectivity index (χ1) is 11.8. The van der Waals surface area contributed by atoms with E-state index in [1.54, 1.807) is 27.0 Å². The Hall–Kier alpha value is -1.94. The third kappa shape index (κ3) is 8.95. The monoisotopic (exact) mass is 443 g/mol. The van der Waals surface area contributed by atoms with Crippen molar-refractivity contribution in [3.8, 4) is 11.5 Å². The summed E-state index contributed by atoms with van der Waals surface area (Å²) in [4.78, 5) is 0. The van der Waals surface area contributed by atoms with Crippen LogP contribution in [0, 0.1) is 0 Å². The van der Waals surface area contributed by atoms with Gasteiger partial charge in [-0.2, -0.15) is 20.4 Å². The fraction of sp³-hybridized carbons (Fsp3) is 0.333. The smallest absolute Gasteiger partial charge is 0.741 e. The van der Waals surface area contributed by atoms with Gasteiger partial charge in [0.25, 0.3) is 0 Å². The largest absolute Gasteiger partial charge is 2.00 e. The molecule has 1 radical (unpaired) electrons. The number of phenols is 2. The molecule has 11 heteroatoms. The topological polar surface area (TPSA) is 114 Å². The first kappa shape index (κ1) is 24.1. The predicted molar refractivity (Wildman–Crippen MR) is 106 cm³/mol. The zero-order chi connectivity index (χ0) is 18.8. The van der Waals surface area contributed by atoms with E-state index in [4.69, 9.17) is 25.3 Å². The number of amidine groups is 2. The summed E-state index contributed by atoms with van der Waals surface area (Å²) in [6, 6.07) is 4.66. The van der Waals surface area contributed by atoms with Crippen LogP contribution < -0.4 is 10.6 Å². The minimum Gasteiger partial charge on any atom is -0.741 e. The molecule has 0 aliphatic rings. The van der Waals surface area contributed by atoms with Crippen molar-refractivity contribution in [2.45, 2.75) is 20.3 Å². The van der Waals surface area contributed by atoms with Gasteiger partial charge in [0.2, 0.25) is 0 Å². The van der Waals surface area contributed by atoms with Gasteiger partial charge in [-0.1, -0.05) is 6.07 Å². The molecule has 4 N–H and O–H groups in total. The predicted octanol–water partition coefficient (Wildman–Crippen LogP) is 1.00. The summed E-state index contributed by atoms with van der Waals surface area (Å²) in [5.41, 5.74) is 1.99. The number of nitrogens with zero attached hydrogens (tertiary/aromatic N) is 4. The molecule has 1 rings (SSSR count). The molecule has 0 saturated carbocycles. The van der Waals surface area contributed by atoms with Gasteiger partial charge in [-0.3, -0.25) is 0 Å². The van der Waals surface area contributed by atoms with Crippen LogP contribution in [0.2, 0.25) is 0 Å². The van der Waals surface area contributed by atoms with Crippen LogP contribution in [-0.2, 0) is 48.7 Å². The van der Waals surface area contributed by atoms with E-state index in [2.05, 4.69) is 31.0 Å². The number of benzene rings is 1. The van der Waals surface area contributed by atoms with Gasteiger partial charge in [-0.15, -0.1) is 0 Å². The van der Waals surface area contributed by atoms with Gasteiger partial charge in [0, 0.05) is 13.6 Å². The fourth-order valence-electron chi connectivity index (χ4n) is 1.51. The molecule has 145 valence electrons. The van der Waals surface area contributed by atoms with Crippen molar-refractivity contribution in [1.29, 1.82) is 0 Å². The van der Waals surface area contributed by atoms with Gasteiger partial charge in [0.15, 0.2) is 11.5 Å². The molecule has 0 fully saturated rings. The second kappa shape index (κ2) is 12.4. The Balaban J connectivity index is 0.00000625. The van der Waals surface area contributed by atoms with E-state index in [0.717, 1.165) is 5.56 Å². The van der Waals surface area contributed by atoms with Gasteiger partial charge >= 0.3 is 17.1 Å². The molecule has 0 aliphatic carbocycles. The van der Waals surface area contributed by atoms with Crippen LogP contribution in [0.5, 0.6) is 11.5 Å². The summed E-state index contributed by atoms with van der Waals surface area (Å²) < 4.78 is 0. The Kier molecular flexibility index (Phi) is 11.5. The molecular formula is C15H20CuN6O2S2. The number of hydrogen-bond acceptors (Lipinski definition) is 8. The SMILES string of the molecule is CN/C([S-])=N/N=C(C)/C(C)=N/N=C(\[S-])NCCc1ccc(O)c(O)c1.[Cu+2]. The molecule has 0 aromatic heterocycles. The molecule has 0 atom stereocenters. The van der Waals surface area contributed by atoms with Crippen molar-refractivity contribution in [2.75, 3.05) is 13.6 Å². The van der Waals surface area contributed by atoms with E-state index < -0.39 is 0 Å². The Morgan fingerprint density at radius 1 is 0.962 bits per heavy atom. The molecule has 0 bridgehead atoms. The van der Waals surface area contributed by atoms with Crippen LogP contribution >= 0.6 is 0 Å². The summed E-state index contributed by atoms with van der Waals surface area (Å²) in [7, 11) is 1.66. The van der Waals surface area contributed by atoms with Crippen LogP contribution in [0.15, 0.2) is 38.6 Å². The molecule has 0 heterocycles. The summed E-state index contributed by atoms with van der Waals surface area (Å²) in [5.74, 6) is -0.297. The Bertz CT molecular complexity index is 722. The van der Waals surface area contributed by atoms with Crippen molar-refractivity contribution in [3.63, 3.8) is 0 Å². The number of rotatable bonds is 6. The fourth-order valence-corrected chi connectivity index (χ4v) is 1.69. The van der Waals surface area contributed by atoms with E-state index in [1.165, 1.54) is 12.1 Å². The van der Waals surface area contributed by atoms with E-state index in [0.29, 0.717) is 24.4 Å². The van der Waals surface area contributed by atoms with Crippen LogP contribution in [-0.4, -0.2) is 45.6 Å². The normalized spacial score (nSPS) is 13.2. The minimum absolute atomic E-state index is 0.